The number of hydrogen-bond acceptors (Lipinski definition) is 2. The Hall–Kier alpha value is -0.340. The van der Waals surface area contributed by atoms with Gasteiger partial charge in [0.2, 0.25) is 0 Å². The van der Waals surface area contributed by atoms with Crippen LogP contribution in [0.15, 0.2) is 11.6 Å². The summed E-state index contributed by atoms with van der Waals surface area (Å²) in [6.07, 6.45) is 4.10. The summed E-state index contributed by atoms with van der Waals surface area (Å²) < 4.78 is 0. The average molecular weight is 202 g/mol. The number of carbonyl (C=O) groups is 1. The van der Waals surface area contributed by atoms with Crippen molar-refractivity contribution in [2.75, 3.05) is 19.6 Å². The smallest absolute Gasteiger partial charge is 0.134 e. The number of Topliss-reactive ketones (excluding diaryl/α,β-unsaturated/α-hetero) is 1. The van der Waals surface area contributed by atoms with Crippen molar-refractivity contribution in [3.05, 3.63) is 11.6 Å². The van der Waals surface area contributed by atoms with Crippen molar-refractivity contribution in [3.63, 3.8) is 0 Å². The maximum Gasteiger partial charge on any atom is 0.134 e. The van der Waals surface area contributed by atoms with E-state index >= 15 is 0 Å². The largest absolute Gasteiger partial charge is 0.300 e. The Balaban J connectivity index is 2.37. The molecule has 1 saturated heterocycles. The van der Waals surface area contributed by atoms with E-state index < -0.39 is 0 Å². The predicted molar refractivity (Wildman–Crippen MR) is 54.8 cm³/mol. The van der Waals surface area contributed by atoms with Crippen LogP contribution in [-0.4, -0.2) is 30.3 Å². The Morgan fingerprint density at radius 2 is 2.46 bits per heavy atom. The van der Waals surface area contributed by atoms with Gasteiger partial charge in [-0.25, -0.2) is 0 Å². The van der Waals surface area contributed by atoms with Gasteiger partial charge in [0, 0.05) is 24.5 Å². The van der Waals surface area contributed by atoms with Gasteiger partial charge in [-0.3, -0.25) is 9.69 Å². The van der Waals surface area contributed by atoms with Crippen LogP contribution in [0.4, 0.5) is 0 Å². The highest BCUT2D eigenvalue weighted by Gasteiger charge is 2.21. The predicted octanol–water partition coefficient (Wildman–Crippen LogP) is 2.04. The standard InChI is InChI=1S/C10H16ClNO/c1-9(13)10-4-2-6-12(8-10)7-3-5-11/h3,5,10H,2,4,6-8H2,1H3. The molecule has 1 unspecified atom stereocenters. The molecule has 2 nitrogen and oxygen atoms in total. The van der Waals surface area contributed by atoms with Gasteiger partial charge in [-0.15, -0.1) is 0 Å². The summed E-state index contributed by atoms with van der Waals surface area (Å²) in [7, 11) is 0. The number of carbonyl (C=O) groups excluding carboxylic acids is 1. The number of rotatable bonds is 3. The fourth-order valence-electron chi connectivity index (χ4n) is 1.74. The lowest BCUT2D eigenvalue weighted by Gasteiger charge is -2.30. The zero-order chi connectivity index (χ0) is 9.68. The van der Waals surface area contributed by atoms with E-state index in [2.05, 4.69) is 4.90 Å². The SMILES string of the molecule is CC(=O)C1CCCN(CC=CCl)C1. The van der Waals surface area contributed by atoms with Gasteiger partial charge < -0.3 is 0 Å². The third-order valence-electron chi connectivity index (χ3n) is 2.53. The van der Waals surface area contributed by atoms with Crippen molar-refractivity contribution in [2.45, 2.75) is 19.8 Å². The second-order valence-electron chi connectivity index (χ2n) is 3.57. The third-order valence-corrected chi connectivity index (χ3v) is 2.71. The lowest BCUT2D eigenvalue weighted by Crippen LogP contribution is -2.38. The average Bonchev–Trinajstić information content (AvgIpc) is 2.15. The van der Waals surface area contributed by atoms with Gasteiger partial charge in [-0.1, -0.05) is 17.7 Å². The molecule has 1 heterocycles. The fourth-order valence-corrected chi connectivity index (χ4v) is 1.82. The molecule has 1 atom stereocenters. The third kappa shape index (κ3) is 3.49. The Kier molecular flexibility index (Phi) is 4.46. The Labute approximate surface area is 84.6 Å². The summed E-state index contributed by atoms with van der Waals surface area (Å²) in [5.41, 5.74) is 1.54. The molecule has 1 aliphatic heterocycles. The van der Waals surface area contributed by atoms with Crippen LogP contribution in [0.2, 0.25) is 0 Å². The van der Waals surface area contributed by atoms with Crippen LogP contribution < -0.4 is 0 Å². The zero-order valence-electron chi connectivity index (χ0n) is 8.00. The molecule has 0 saturated carbocycles. The summed E-state index contributed by atoms with van der Waals surface area (Å²) in [6, 6.07) is 0. The molecule has 0 spiro atoms. The molecule has 0 aromatic carbocycles. The van der Waals surface area contributed by atoms with E-state index in [1.54, 1.807) is 6.92 Å². The number of nitrogens with zero attached hydrogens (tertiary/aromatic N) is 1. The first-order chi connectivity index (χ1) is 6.24. The van der Waals surface area contributed by atoms with Crippen molar-refractivity contribution < 1.29 is 4.79 Å². The Morgan fingerprint density at radius 1 is 1.69 bits per heavy atom. The maximum absolute atomic E-state index is 11.1. The monoisotopic (exact) mass is 201 g/mol. The number of piperidine rings is 1. The second-order valence-corrected chi connectivity index (χ2v) is 3.82. The van der Waals surface area contributed by atoms with E-state index in [-0.39, 0.29) is 5.92 Å². The zero-order valence-corrected chi connectivity index (χ0v) is 8.76. The van der Waals surface area contributed by atoms with Crippen LogP contribution in [0, 0.1) is 5.92 Å². The van der Waals surface area contributed by atoms with E-state index in [0.717, 1.165) is 32.5 Å². The molecule has 0 aromatic heterocycles. The first-order valence-electron chi connectivity index (χ1n) is 4.72. The van der Waals surface area contributed by atoms with Crippen LogP contribution in [0.3, 0.4) is 0 Å². The highest BCUT2D eigenvalue weighted by Crippen LogP contribution is 2.16. The minimum atomic E-state index is 0.248. The van der Waals surface area contributed by atoms with Crippen molar-refractivity contribution in [2.24, 2.45) is 5.92 Å². The van der Waals surface area contributed by atoms with E-state index in [1.807, 2.05) is 6.08 Å². The summed E-state index contributed by atoms with van der Waals surface area (Å²) in [6.45, 7) is 4.54. The maximum atomic E-state index is 11.1. The fraction of sp³-hybridized carbons (Fsp3) is 0.700. The molecular formula is C10H16ClNO. The van der Waals surface area contributed by atoms with Crippen LogP contribution in [-0.2, 0) is 4.79 Å². The molecule has 74 valence electrons. The summed E-state index contributed by atoms with van der Waals surface area (Å²) in [4.78, 5) is 13.4. The van der Waals surface area contributed by atoms with Crippen LogP contribution >= 0.6 is 11.6 Å². The molecule has 1 rings (SSSR count). The molecule has 0 amide bonds. The van der Waals surface area contributed by atoms with E-state index in [1.165, 1.54) is 5.54 Å². The van der Waals surface area contributed by atoms with Gasteiger partial charge in [0.1, 0.15) is 5.78 Å². The molecule has 0 radical (unpaired) electrons. The van der Waals surface area contributed by atoms with Gasteiger partial charge in [0.25, 0.3) is 0 Å². The first kappa shape index (κ1) is 10.7. The van der Waals surface area contributed by atoms with Crippen LogP contribution in [0.5, 0.6) is 0 Å². The number of halogens is 1. The summed E-state index contributed by atoms with van der Waals surface area (Å²) in [5.74, 6) is 0.567. The molecular weight excluding hydrogens is 186 g/mol. The van der Waals surface area contributed by atoms with Crippen LogP contribution in [0.25, 0.3) is 0 Å². The summed E-state index contributed by atoms with van der Waals surface area (Å²) >= 11 is 5.45. The minimum absolute atomic E-state index is 0.248. The van der Waals surface area contributed by atoms with Crippen molar-refractivity contribution >= 4 is 17.4 Å². The van der Waals surface area contributed by atoms with Gasteiger partial charge >= 0.3 is 0 Å². The topological polar surface area (TPSA) is 20.3 Å². The summed E-state index contributed by atoms with van der Waals surface area (Å²) in [5, 5.41) is 0. The first-order valence-corrected chi connectivity index (χ1v) is 5.15. The molecule has 13 heavy (non-hydrogen) atoms. The Bertz CT molecular complexity index is 203. The van der Waals surface area contributed by atoms with Crippen LogP contribution in [0.1, 0.15) is 19.8 Å². The Morgan fingerprint density at radius 3 is 3.08 bits per heavy atom. The van der Waals surface area contributed by atoms with E-state index in [9.17, 15) is 4.79 Å². The van der Waals surface area contributed by atoms with Crippen molar-refractivity contribution in [1.82, 2.24) is 4.90 Å². The molecule has 0 N–H and O–H groups in total. The van der Waals surface area contributed by atoms with Crippen molar-refractivity contribution in [1.29, 1.82) is 0 Å². The number of ketones is 1. The lowest BCUT2D eigenvalue weighted by atomic mass is 9.95. The van der Waals surface area contributed by atoms with E-state index in [0.29, 0.717) is 5.78 Å². The van der Waals surface area contributed by atoms with Gasteiger partial charge in [-0.05, 0) is 26.3 Å². The normalized spacial score (nSPS) is 25.2. The number of hydrogen-bond donors (Lipinski definition) is 0. The number of likely N-dealkylation sites (tertiary alicyclic amines) is 1. The quantitative estimate of drug-likeness (QED) is 0.697. The van der Waals surface area contributed by atoms with Gasteiger partial charge in [0.15, 0.2) is 0 Å². The highest BCUT2D eigenvalue weighted by molar-refractivity contribution is 6.25. The molecule has 1 fully saturated rings. The molecule has 1 aliphatic rings. The minimum Gasteiger partial charge on any atom is -0.300 e. The van der Waals surface area contributed by atoms with E-state index in [4.69, 9.17) is 11.6 Å². The lowest BCUT2D eigenvalue weighted by molar-refractivity contribution is -0.122. The second kappa shape index (κ2) is 5.40. The molecule has 0 aliphatic carbocycles. The van der Waals surface area contributed by atoms with Gasteiger partial charge in [0.05, 0.1) is 0 Å². The van der Waals surface area contributed by atoms with Crippen molar-refractivity contribution in [3.8, 4) is 0 Å². The highest BCUT2D eigenvalue weighted by atomic mass is 35.5. The molecule has 3 heteroatoms. The molecule has 0 aromatic rings. The molecule has 0 bridgehead atoms. The van der Waals surface area contributed by atoms with Gasteiger partial charge in [-0.2, -0.15) is 0 Å².